The van der Waals surface area contributed by atoms with E-state index >= 15 is 0 Å². The number of carbonyl (C=O) groups is 2. The molecule has 29 heavy (non-hydrogen) atoms. The molecule has 3 N–H and O–H groups in total. The quantitative estimate of drug-likeness (QED) is 0.575. The molecular weight excluding hydrogens is 436 g/mol. The van der Waals surface area contributed by atoms with Gasteiger partial charge in [0.1, 0.15) is 16.5 Å². The molecule has 0 aliphatic carbocycles. The summed E-state index contributed by atoms with van der Waals surface area (Å²) in [6.07, 6.45) is 0.627. The molecule has 3 aromatic rings. The minimum atomic E-state index is -1.93. The Morgan fingerprint density at radius 1 is 1.21 bits per heavy atom. The predicted molar refractivity (Wildman–Crippen MR) is 112 cm³/mol. The molecule has 1 aliphatic heterocycles. The molecule has 0 saturated heterocycles. The molecule has 0 fully saturated rings. The van der Waals surface area contributed by atoms with E-state index in [1.807, 2.05) is 13.0 Å². The van der Waals surface area contributed by atoms with Gasteiger partial charge in [0.2, 0.25) is 0 Å². The van der Waals surface area contributed by atoms with Crippen LogP contribution in [0.15, 0.2) is 53.1 Å². The molecule has 2 aromatic heterocycles. The van der Waals surface area contributed by atoms with Crippen LogP contribution in [0.25, 0.3) is 11.0 Å². The standard InChI is InChI=1S/C21H19BrN4O3/c1-2-11-21(29,20(23)28)17-13-5-3-4-6-14(13)19(27)26(17)16-10-8-12-7-9-15(22)24-18(12)25-16/h3-10,17,29H,2,11H2,1H3,(H2,23,28). The first-order valence-electron chi connectivity index (χ1n) is 9.25. The monoisotopic (exact) mass is 454 g/mol. The molecule has 0 radical (unpaired) electrons. The van der Waals surface area contributed by atoms with Gasteiger partial charge in [0.25, 0.3) is 11.8 Å². The van der Waals surface area contributed by atoms with E-state index in [-0.39, 0.29) is 12.3 Å². The van der Waals surface area contributed by atoms with E-state index in [9.17, 15) is 14.7 Å². The maximum atomic E-state index is 13.3. The highest BCUT2D eigenvalue weighted by atomic mass is 79.9. The summed E-state index contributed by atoms with van der Waals surface area (Å²) < 4.78 is 0.613. The van der Waals surface area contributed by atoms with Crippen molar-refractivity contribution in [3.05, 3.63) is 64.3 Å². The van der Waals surface area contributed by atoms with E-state index < -0.39 is 17.6 Å². The number of hydrogen-bond donors (Lipinski definition) is 2. The van der Waals surface area contributed by atoms with E-state index in [1.54, 1.807) is 42.5 Å². The maximum absolute atomic E-state index is 13.3. The van der Waals surface area contributed by atoms with Crippen LogP contribution < -0.4 is 10.6 Å². The molecule has 148 valence electrons. The Morgan fingerprint density at radius 2 is 1.93 bits per heavy atom. The van der Waals surface area contributed by atoms with Crippen LogP contribution in [-0.2, 0) is 4.79 Å². The number of aliphatic hydroxyl groups is 1. The Hall–Kier alpha value is -2.84. The normalized spacial score (nSPS) is 18.0. The highest BCUT2D eigenvalue weighted by Crippen LogP contribution is 2.44. The van der Waals surface area contributed by atoms with Crippen LogP contribution in [0.1, 0.15) is 41.7 Å². The van der Waals surface area contributed by atoms with Crippen molar-refractivity contribution < 1.29 is 14.7 Å². The van der Waals surface area contributed by atoms with Crippen molar-refractivity contribution >= 4 is 44.6 Å². The number of hydrogen-bond acceptors (Lipinski definition) is 5. The third-order valence-electron chi connectivity index (χ3n) is 5.22. The van der Waals surface area contributed by atoms with Crippen molar-refractivity contribution in [1.82, 2.24) is 9.97 Å². The molecule has 7 nitrogen and oxygen atoms in total. The second kappa shape index (κ2) is 7.20. The van der Waals surface area contributed by atoms with Crippen molar-refractivity contribution in [3.8, 4) is 0 Å². The molecular formula is C21H19BrN4O3. The van der Waals surface area contributed by atoms with Crippen LogP contribution in [0.3, 0.4) is 0 Å². The summed E-state index contributed by atoms with van der Waals surface area (Å²) >= 11 is 3.33. The van der Waals surface area contributed by atoms with Gasteiger partial charge in [-0.05, 0) is 58.2 Å². The van der Waals surface area contributed by atoms with Crippen molar-refractivity contribution in [1.29, 1.82) is 0 Å². The van der Waals surface area contributed by atoms with E-state index in [1.165, 1.54) is 4.90 Å². The van der Waals surface area contributed by atoms with Gasteiger partial charge >= 0.3 is 0 Å². The number of nitrogens with two attached hydrogens (primary N) is 1. The number of carbonyl (C=O) groups excluding carboxylic acids is 2. The summed E-state index contributed by atoms with van der Waals surface area (Å²) in [5, 5.41) is 12.1. The van der Waals surface area contributed by atoms with Gasteiger partial charge in [-0.3, -0.25) is 14.5 Å². The number of rotatable bonds is 5. The lowest BCUT2D eigenvalue weighted by Gasteiger charge is -2.36. The number of pyridine rings is 2. The van der Waals surface area contributed by atoms with Crippen molar-refractivity contribution in [2.24, 2.45) is 5.73 Å². The number of primary amides is 1. The molecule has 4 rings (SSSR count). The Labute approximate surface area is 175 Å². The summed E-state index contributed by atoms with van der Waals surface area (Å²) in [4.78, 5) is 35.9. The molecule has 0 spiro atoms. The molecule has 0 bridgehead atoms. The summed E-state index contributed by atoms with van der Waals surface area (Å²) in [5.74, 6) is -0.922. The van der Waals surface area contributed by atoms with Gasteiger partial charge < -0.3 is 10.8 Å². The molecule has 2 unspecified atom stereocenters. The Morgan fingerprint density at radius 3 is 2.66 bits per heavy atom. The summed E-state index contributed by atoms with van der Waals surface area (Å²) in [5.41, 5.74) is 5.10. The lowest BCUT2D eigenvalue weighted by molar-refractivity contribution is -0.139. The Bertz CT molecular complexity index is 1140. The fourth-order valence-corrected chi connectivity index (χ4v) is 4.20. The zero-order chi connectivity index (χ0) is 20.8. The number of anilines is 1. The van der Waals surface area contributed by atoms with Gasteiger partial charge in [0.05, 0.1) is 0 Å². The maximum Gasteiger partial charge on any atom is 0.260 e. The molecule has 2 amide bonds. The van der Waals surface area contributed by atoms with Crippen molar-refractivity contribution in [2.75, 3.05) is 4.90 Å². The van der Waals surface area contributed by atoms with Crippen molar-refractivity contribution in [2.45, 2.75) is 31.4 Å². The number of aromatic nitrogens is 2. The highest BCUT2D eigenvalue weighted by molar-refractivity contribution is 9.10. The SMILES string of the molecule is CCCC(O)(C(N)=O)C1c2ccccc2C(=O)N1c1ccc2ccc(Br)nc2n1. The van der Waals surface area contributed by atoms with Gasteiger partial charge in [-0.15, -0.1) is 0 Å². The first kappa shape index (κ1) is 19.5. The summed E-state index contributed by atoms with van der Waals surface area (Å²) in [6, 6.07) is 13.1. The van der Waals surface area contributed by atoms with Gasteiger partial charge in [0, 0.05) is 10.9 Å². The van der Waals surface area contributed by atoms with Gasteiger partial charge in [-0.2, -0.15) is 0 Å². The Balaban J connectivity index is 1.93. The fourth-order valence-electron chi connectivity index (χ4n) is 3.90. The van der Waals surface area contributed by atoms with E-state index in [0.717, 1.165) is 5.39 Å². The lowest BCUT2D eigenvalue weighted by atomic mass is 9.84. The third kappa shape index (κ3) is 3.08. The lowest BCUT2D eigenvalue weighted by Crippen LogP contribution is -2.53. The van der Waals surface area contributed by atoms with Crippen LogP contribution >= 0.6 is 15.9 Å². The molecule has 8 heteroatoms. The Kier molecular flexibility index (Phi) is 4.84. The predicted octanol–water partition coefficient (Wildman–Crippen LogP) is 3.11. The molecule has 2 atom stereocenters. The van der Waals surface area contributed by atoms with Gasteiger partial charge in [-0.1, -0.05) is 31.5 Å². The van der Waals surface area contributed by atoms with Crippen LogP contribution in [0, 0.1) is 0 Å². The number of amides is 2. The van der Waals surface area contributed by atoms with Gasteiger partial charge in [-0.25, -0.2) is 9.97 Å². The first-order valence-corrected chi connectivity index (χ1v) is 10.0. The van der Waals surface area contributed by atoms with E-state index in [2.05, 4.69) is 25.9 Å². The summed E-state index contributed by atoms with van der Waals surface area (Å²) in [7, 11) is 0. The molecule has 3 heterocycles. The molecule has 1 aromatic carbocycles. The number of halogens is 1. The van der Waals surface area contributed by atoms with Crippen LogP contribution in [0.5, 0.6) is 0 Å². The first-order chi connectivity index (χ1) is 13.9. The van der Waals surface area contributed by atoms with Crippen LogP contribution in [0.4, 0.5) is 5.82 Å². The minimum absolute atomic E-state index is 0.114. The minimum Gasteiger partial charge on any atom is -0.378 e. The average Bonchev–Trinajstić information content (AvgIpc) is 3.00. The second-order valence-electron chi connectivity index (χ2n) is 7.05. The number of nitrogens with zero attached hydrogens (tertiary/aromatic N) is 3. The van der Waals surface area contributed by atoms with Crippen LogP contribution in [0.2, 0.25) is 0 Å². The molecule has 0 saturated carbocycles. The zero-order valence-electron chi connectivity index (χ0n) is 15.7. The van der Waals surface area contributed by atoms with E-state index in [0.29, 0.717) is 33.6 Å². The van der Waals surface area contributed by atoms with E-state index in [4.69, 9.17) is 5.73 Å². The summed E-state index contributed by atoms with van der Waals surface area (Å²) in [6.45, 7) is 1.84. The fraction of sp³-hybridized carbons (Fsp3) is 0.238. The molecule has 1 aliphatic rings. The average molecular weight is 455 g/mol. The topological polar surface area (TPSA) is 109 Å². The second-order valence-corrected chi connectivity index (χ2v) is 7.87. The largest absolute Gasteiger partial charge is 0.378 e. The van der Waals surface area contributed by atoms with Crippen LogP contribution in [-0.4, -0.2) is 32.5 Å². The zero-order valence-corrected chi connectivity index (χ0v) is 17.3. The highest BCUT2D eigenvalue weighted by Gasteiger charge is 2.53. The van der Waals surface area contributed by atoms with Gasteiger partial charge in [0.15, 0.2) is 11.2 Å². The number of fused-ring (bicyclic) bond motifs is 2. The van der Waals surface area contributed by atoms with Crippen molar-refractivity contribution in [3.63, 3.8) is 0 Å². The number of benzene rings is 1. The smallest absolute Gasteiger partial charge is 0.260 e. The third-order valence-corrected chi connectivity index (χ3v) is 5.67.